The first kappa shape index (κ1) is 24.0. The molecule has 3 aromatic rings. The second-order valence-corrected chi connectivity index (χ2v) is 9.37. The molecule has 1 N–H and O–H groups in total. The molecular weight excluding hydrogens is 444 g/mol. The third kappa shape index (κ3) is 5.98. The Bertz CT molecular complexity index is 1060. The predicted octanol–water partition coefficient (Wildman–Crippen LogP) is 5.45. The van der Waals surface area contributed by atoms with E-state index >= 15 is 0 Å². The summed E-state index contributed by atoms with van der Waals surface area (Å²) in [4.78, 5) is 25.5. The van der Waals surface area contributed by atoms with Crippen molar-refractivity contribution in [3.8, 4) is 11.4 Å². The van der Waals surface area contributed by atoms with Gasteiger partial charge in [0.15, 0.2) is 11.0 Å². The number of carbonyl (C=O) groups excluding carboxylic acids is 2. The lowest BCUT2D eigenvalue weighted by molar-refractivity contribution is -0.113. The lowest BCUT2D eigenvalue weighted by atomic mass is 10.1. The number of nitrogens with one attached hydrogen (secondary N) is 1. The van der Waals surface area contributed by atoms with Gasteiger partial charge in [0.05, 0.1) is 17.9 Å². The van der Waals surface area contributed by atoms with Crippen LogP contribution in [0, 0.1) is 0 Å². The monoisotopic (exact) mass is 472 g/mol. The summed E-state index contributed by atoms with van der Waals surface area (Å²) in [5.74, 6) is 0.998. The number of hydrogen-bond acceptors (Lipinski definition) is 7. The van der Waals surface area contributed by atoms with Gasteiger partial charge in [-0.05, 0) is 49.6 Å². The van der Waals surface area contributed by atoms with Gasteiger partial charge in [0.25, 0.3) is 0 Å². The SMILES string of the molecule is CCCn1c(SCC(=O)Nc2ccc(C(=O)OCC)cc2)nnc1-c1csc(C(C)C)c1. The molecule has 0 bridgehead atoms. The van der Waals surface area contributed by atoms with Crippen LogP contribution in [0.2, 0.25) is 0 Å². The molecule has 0 atom stereocenters. The third-order valence-electron chi connectivity index (χ3n) is 4.62. The van der Waals surface area contributed by atoms with E-state index in [1.54, 1.807) is 42.5 Å². The molecule has 1 amide bonds. The second kappa shape index (κ2) is 11.3. The van der Waals surface area contributed by atoms with Crippen LogP contribution in [0.4, 0.5) is 5.69 Å². The van der Waals surface area contributed by atoms with Crippen molar-refractivity contribution in [1.82, 2.24) is 14.8 Å². The molecule has 2 aromatic heterocycles. The molecule has 0 aliphatic carbocycles. The molecule has 0 saturated carbocycles. The van der Waals surface area contributed by atoms with Gasteiger partial charge in [0.2, 0.25) is 5.91 Å². The molecule has 0 aliphatic heterocycles. The molecule has 0 saturated heterocycles. The zero-order chi connectivity index (χ0) is 23.1. The highest BCUT2D eigenvalue weighted by Gasteiger charge is 2.17. The number of anilines is 1. The number of benzene rings is 1. The molecule has 32 heavy (non-hydrogen) atoms. The van der Waals surface area contributed by atoms with E-state index in [1.807, 2.05) is 0 Å². The van der Waals surface area contributed by atoms with Gasteiger partial charge >= 0.3 is 5.97 Å². The largest absolute Gasteiger partial charge is 0.462 e. The molecule has 0 radical (unpaired) electrons. The van der Waals surface area contributed by atoms with Crippen LogP contribution in [0.25, 0.3) is 11.4 Å². The van der Waals surface area contributed by atoms with Crippen molar-refractivity contribution in [3.05, 3.63) is 46.2 Å². The molecule has 0 unspecified atom stereocenters. The Hall–Kier alpha value is -2.65. The average molecular weight is 473 g/mol. The van der Waals surface area contributed by atoms with Crippen LogP contribution < -0.4 is 5.32 Å². The van der Waals surface area contributed by atoms with Crippen molar-refractivity contribution in [1.29, 1.82) is 0 Å². The lowest BCUT2D eigenvalue weighted by Crippen LogP contribution is -2.15. The molecule has 3 rings (SSSR count). The third-order valence-corrected chi connectivity index (χ3v) is 6.82. The fourth-order valence-electron chi connectivity index (χ4n) is 3.04. The summed E-state index contributed by atoms with van der Waals surface area (Å²) < 4.78 is 7.05. The maximum Gasteiger partial charge on any atom is 0.338 e. The highest BCUT2D eigenvalue weighted by Crippen LogP contribution is 2.31. The summed E-state index contributed by atoms with van der Waals surface area (Å²) in [6.07, 6.45) is 0.943. The lowest BCUT2D eigenvalue weighted by Gasteiger charge is -2.09. The fraction of sp³-hybridized carbons (Fsp3) is 0.391. The van der Waals surface area contributed by atoms with Crippen molar-refractivity contribution in [2.75, 3.05) is 17.7 Å². The second-order valence-electron chi connectivity index (χ2n) is 7.48. The van der Waals surface area contributed by atoms with E-state index < -0.39 is 0 Å². The zero-order valence-corrected chi connectivity index (χ0v) is 20.4. The average Bonchev–Trinajstić information content (AvgIpc) is 3.41. The van der Waals surface area contributed by atoms with E-state index in [2.05, 4.69) is 52.3 Å². The highest BCUT2D eigenvalue weighted by molar-refractivity contribution is 7.99. The van der Waals surface area contributed by atoms with Crippen LogP contribution >= 0.6 is 23.1 Å². The topological polar surface area (TPSA) is 86.1 Å². The molecule has 1 aromatic carbocycles. The van der Waals surface area contributed by atoms with E-state index in [4.69, 9.17) is 4.74 Å². The van der Waals surface area contributed by atoms with Crippen LogP contribution in [0.1, 0.15) is 55.3 Å². The predicted molar refractivity (Wildman–Crippen MR) is 129 cm³/mol. The Morgan fingerprint density at radius 3 is 2.56 bits per heavy atom. The van der Waals surface area contributed by atoms with Gasteiger partial charge in [-0.2, -0.15) is 0 Å². The van der Waals surface area contributed by atoms with E-state index in [9.17, 15) is 9.59 Å². The van der Waals surface area contributed by atoms with Crippen LogP contribution in [-0.2, 0) is 16.1 Å². The number of esters is 1. The molecular formula is C23H28N4O3S2. The molecule has 7 nitrogen and oxygen atoms in total. The van der Waals surface area contributed by atoms with Gasteiger partial charge in [0.1, 0.15) is 0 Å². The first-order chi connectivity index (χ1) is 15.4. The number of thioether (sulfide) groups is 1. The Labute approximate surface area is 196 Å². The fourth-order valence-corrected chi connectivity index (χ4v) is 4.71. The Kier molecular flexibility index (Phi) is 8.46. The number of aromatic nitrogens is 3. The van der Waals surface area contributed by atoms with Crippen molar-refractivity contribution in [2.45, 2.75) is 51.7 Å². The number of rotatable bonds is 10. The molecule has 2 heterocycles. The smallest absolute Gasteiger partial charge is 0.338 e. The summed E-state index contributed by atoms with van der Waals surface area (Å²) in [6.45, 7) is 9.34. The molecule has 0 aliphatic rings. The Balaban J connectivity index is 1.64. The standard InChI is InChI=1S/C23H28N4O3S2/c1-5-11-27-21(17-12-19(15(3)4)31-13-17)25-26-23(27)32-14-20(28)24-18-9-7-16(8-10-18)22(29)30-6-2/h7-10,12-13,15H,5-6,11,14H2,1-4H3,(H,24,28). The van der Waals surface area contributed by atoms with Gasteiger partial charge in [-0.1, -0.05) is 32.5 Å². The van der Waals surface area contributed by atoms with Crippen LogP contribution in [0.15, 0.2) is 40.9 Å². The number of ether oxygens (including phenoxy) is 1. The van der Waals surface area contributed by atoms with Crippen molar-refractivity contribution >= 4 is 40.7 Å². The van der Waals surface area contributed by atoms with E-state index in [1.165, 1.54) is 16.6 Å². The molecule has 170 valence electrons. The number of nitrogens with zero attached hydrogens (tertiary/aromatic N) is 3. The van der Waals surface area contributed by atoms with E-state index in [0.29, 0.717) is 23.8 Å². The number of hydrogen-bond donors (Lipinski definition) is 1. The molecule has 9 heteroatoms. The quantitative estimate of drug-likeness (QED) is 0.312. The van der Waals surface area contributed by atoms with Crippen LogP contribution in [-0.4, -0.2) is 39.0 Å². The Morgan fingerprint density at radius 1 is 1.19 bits per heavy atom. The summed E-state index contributed by atoms with van der Waals surface area (Å²) in [7, 11) is 0. The normalized spacial score (nSPS) is 11.0. The summed E-state index contributed by atoms with van der Waals surface area (Å²) in [6, 6.07) is 8.83. The van der Waals surface area contributed by atoms with Crippen molar-refractivity contribution in [2.24, 2.45) is 0 Å². The first-order valence-electron chi connectivity index (χ1n) is 10.6. The minimum absolute atomic E-state index is 0.149. The zero-order valence-electron chi connectivity index (χ0n) is 18.8. The van der Waals surface area contributed by atoms with Gasteiger partial charge in [0, 0.05) is 28.1 Å². The molecule has 0 fully saturated rings. The first-order valence-corrected chi connectivity index (χ1v) is 12.5. The van der Waals surface area contributed by atoms with E-state index in [-0.39, 0.29) is 17.6 Å². The number of carbonyl (C=O) groups is 2. The van der Waals surface area contributed by atoms with Gasteiger partial charge < -0.3 is 14.6 Å². The van der Waals surface area contributed by atoms with E-state index in [0.717, 1.165) is 29.5 Å². The van der Waals surface area contributed by atoms with Gasteiger partial charge in [-0.3, -0.25) is 4.79 Å². The number of amides is 1. The number of thiophene rings is 1. The Morgan fingerprint density at radius 2 is 1.94 bits per heavy atom. The van der Waals surface area contributed by atoms with Gasteiger partial charge in [-0.15, -0.1) is 21.5 Å². The summed E-state index contributed by atoms with van der Waals surface area (Å²) in [5, 5.41) is 14.4. The summed E-state index contributed by atoms with van der Waals surface area (Å²) >= 11 is 3.10. The van der Waals surface area contributed by atoms with Gasteiger partial charge in [-0.25, -0.2) is 4.79 Å². The van der Waals surface area contributed by atoms with Crippen molar-refractivity contribution in [3.63, 3.8) is 0 Å². The van der Waals surface area contributed by atoms with Crippen LogP contribution in [0.3, 0.4) is 0 Å². The minimum atomic E-state index is -0.377. The molecule has 0 spiro atoms. The van der Waals surface area contributed by atoms with Crippen molar-refractivity contribution < 1.29 is 14.3 Å². The maximum absolute atomic E-state index is 12.5. The maximum atomic E-state index is 12.5. The van der Waals surface area contributed by atoms with Crippen LogP contribution in [0.5, 0.6) is 0 Å². The summed E-state index contributed by atoms with van der Waals surface area (Å²) in [5.41, 5.74) is 2.14. The minimum Gasteiger partial charge on any atom is -0.462 e. The highest BCUT2D eigenvalue weighted by atomic mass is 32.2.